The van der Waals surface area contributed by atoms with E-state index >= 15 is 0 Å². The summed E-state index contributed by atoms with van der Waals surface area (Å²) in [5.74, 6) is 1.07. The van der Waals surface area contributed by atoms with E-state index in [1.807, 2.05) is 31.2 Å². The van der Waals surface area contributed by atoms with Crippen LogP contribution >= 0.6 is 11.6 Å². The zero-order valence-electron chi connectivity index (χ0n) is 10.7. The van der Waals surface area contributed by atoms with Gasteiger partial charge < -0.3 is 5.32 Å². The van der Waals surface area contributed by atoms with Gasteiger partial charge in [0.2, 0.25) is 0 Å². The quantitative estimate of drug-likeness (QED) is 0.749. The summed E-state index contributed by atoms with van der Waals surface area (Å²) in [6.45, 7) is 2.33. The Balaban J connectivity index is 2.40. The maximum Gasteiger partial charge on any atom is 0.152 e. The van der Waals surface area contributed by atoms with E-state index in [0.29, 0.717) is 18.8 Å². The summed E-state index contributed by atoms with van der Waals surface area (Å²) in [7, 11) is -2.90. The summed E-state index contributed by atoms with van der Waals surface area (Å²) in [5.41, 5.74) is 2.13. The Hall–Kier alpha value is -0.740. The van der Waals surface area contributed by atoms with Crippen LogP contribution in [0.25, 0.3) is 0 Å². The third-order valence-corrected chi connectivity index (χ3v) is 4.64. The van der Waals surface area contributed by atoms with Gasteiger partial charge in [0.15, 0.2) is 9.84 Å². The van der Waals surface area contributed by atoms with Gasteiger partial charge in [-0.1, -0.05) is 19.1 Å². The topological polar surface area (TPSA) is 46.2 Å². The lowest BCUT2D eigenvalue weighted by Crippen LogP contribution is -2.18. The predicted molar refractivity (Wildman–Crippen MR) is 78.3 cm³/mol. The van der Waals surface area contributed by atoms with Gasteiger partial charge in [0.05, 0.1) is 5.75 Å². The van der Waals surface area contributed by atoms with Gasteiger partial charge in [0, 0.05) is 23.9 Å². The van der Waals surface area contributed by atoms with Gasteiger partial charge in [0.1, 0.15) is 0 Å². The second kappa shape index (κ2) is 7.64. The molecule has 0 radical (unpaired) electrons. The van der Waals surface area contributed by atoms with E-state index in [1.54, 1.807) is 0 Å². The number of hydrogen-bond donors (Lipinski definition) is 1. The number of nitrogens with one attached hydrogen (secondary N) is 1. The molecule has 0 aliphatic rings. The van der Waals surface area contributed by atoms with Crippen LogP contribution in [0.15, 0.2) is 24.3 Å². The molecule has 0 aromatic heterocycles. The minimum absolute atomic E-state index is 0.185. The second-order valence-corrected chi connectivity index (χ2v) is 6.90. The average molecular weight is 290 g/mol. The first-order valence-electron chi connectivity index (χ1n) is 6.16. The predicted octanol–water partition coefficient (Wildman–Crippen LogP) is 2.70. The fourth-order valence-electron chi connectivity index (χ4n) is 1.66. The van der Waals surface area contributed by atoms with Gasteiger partial charge in [0.25, 0.3) is 0 Å². The standard InChI is InChI=1S/C13H20ClNO2S/c1-2-10-18(16,17)11-9-15-13-5-3-12(4-6-13)7-8-14/h3-6,15H,2,7-11H2,1H3. The van der Waals surface area contributed by atoms with Gasteiger partial charge in [-0.2, -0.15) is 0 Å². The van der Waals surface area contributed by atoms with Crippen LogP contribution in [0.1, 0.15) is 18.9 Å². The summed E-state index contributed by atoms with van der Waals surface area (Å²) in [6, 6.07) is 7.92. The summed E-state index contributed by atoms with van der Waals surface area (Å²) in [4.78, 5) is 0. The maximum atomic E-state index is 11.5. The van der Waals surface area contributed by atoms with Gasteiger partial charge in [-0.05, 0) is 30.5 Å². The molecule has 0 aliphatic carbocycles. The van der Waals surface area contributed by atoms with Gasteiger partial charge in [-0.3, -0.25) is 0 Å². The number of halogens is 1. The first kappa shape index (κ1) is 15.3. The van der Waals surface area contributed by atoms with Crippen molar-refractivity contribution in [2.24, 2.45) is 0 Å². The van der Waals surface area contributed by atoms with Crippen molar-refractivity contribution in [2.75, 3.05) is 29.2 Å². The number of rotatable bonds is 8. The highest BCUT2D eigenvalue weighted by Gasteiger charge is 2.08. The Bertz CT molecular complexity index is 443. The zero-order chi connectivity index (χ0) is 13.4. The van der Waals surface area contributed by atoms with E-state index in [4.69, 9.17) is 11.6 Å². The number of aryl methyl sites for hydroxylation is 1. The molecule has 0 saturated carbocycles. The number of alkyl halides is 1. The van der Waals surface area contributed by atoms with Crippen LogP contribution in [0.2, 0.25) is 0 Å². The SMILES string of the molecule is CCCS(=O)(=O)CCNc1ccc(CCCl)cc1. The Kier molecular flexibility index (Phi) is 6.50. The van der Waals surface area contributed by atoms with Crippen molar-refractivity contribution in [2.45, 2.75) is 19.8 Å². The normalized spacial score (nSPS) is 11.4. The van der Waals surface area contributed by atoms with Crippen molar-refractivity contribution in [1.82, 2.24) is 0 Å². The smallest absolute Gasteiger partial charge is 0.152 e. The molecule has 0 saturated heterocycles. The molecule has 1 rings (SSSR count). The molecule has 102 valence electrons. The van der Waals surface area contributed by atoms with Crippen LogP contribution in [0.3, 0.4) is 0 Å². The molecule has 0 bridgehead atoms. The molecule has 0 spiro atoms. The number of benzene rings is 1. The van der Waals surface area contributed by atoms with E-state index in [9.17, 15) is 8.42 Å². The van der Waals surface area contributed by atoms with E-state index in [0.717, 1.165) is 12.1 Å². The summed E-state index contributed by atoms with van der Waals surface area (Å²) >= 11 is 5.66. The Morgan fingerprint density at radius 1 is 1.17 bits per heavy atom. The molecular formula is C13H20ClNO2S. The van der Waals surface area contributed by atoms with Crippen LogP contribution in [0.4, 0.5) is 5.69 Å². The van der Waals surface area contributed by atoms with Crippen molar-refractivity contribution in [3.05, 3.63) is 29.8 Å². The van der Waals surface area contributed by atoms with E-state index in [1.165, 1.54) is 5.56 Å². The van der Waals surface area contributed by atoms with Gasteiger partial charge in [-0.25, -0.2) is 8.42 Å². The fraction of sp³-hybridized carbons (Fsp3) is 0.538. The highest BCUT2D eigenvalue weighted by atomic mass is 35.5. The third kappa shape index (κ3) is 5.74. The monoisotopic (exact) mass is 289 g/mol. The van der Waals surface area contributed by atoms with Crippen molar-refractivity contribution in [3.63, 3.8) is 0 Å². The highest BCUT2D eigenvalue weighted by molar-refractivity contribution is 7.91. The molecule has 0 fully saturated rings. The molecule has 3 nitrogen and oxygen atoms in total. The van der Waals surface area contributed by atoms with Crippen LogP contribution < -0.4 is 5.32 Å². The molecule has 0 amide bonds. The average Bonchev–Trinajstić information content (AvgIpc) is 2.31. The third-order valence-electron chi connectivity index (χ3n) is 2.59. The molecule has 0 unspecified atom stereocenters. The molecule has 1 N–H and O–H groups in total. The number of anilines is 1. The Morgan fingerprint density at radius 3 is 2.39 bits per heavy atom. The van der Waals surface area contributed by atoms with Crippen molar-refractivity contribution < 1.29 is 8.42 Å². The highest BCUT2D eigenvalue weighted by Crippen LogP contribution is 2.10. The second-order valence-electron chi connectivity index (χ2n) is 4.21. The van der Waals surface area contributed by atoms with Gasteiger partial charge in [-0.15, -0.1) is 11.6 Å². The lowest BCUT2D eigenvalue weighted by atomic mass is 10.1. The molecular weight excluding hydrogens is 270 g/mol. The molecule has 5 heteroatoms. The Morgan fingerprint density at radius 2 is 1.83 bits per heavy atom. The van der Waals surface area contributed by atoms with Crippen LogP contribution in [0, 0.1) is 0 Å². The van der Waals surface area contributed by atoms with E-state index in [2.05, 4.69) is 5.32 Å². The van der Waals surface area contributed by atoms with Crippen molar-refractivity contribution in [3.8, 4) is 0 Å². The van der Waals surface area contributed by atoms with Crippen LogP contribution in [-0.2, 0) is 16.3 Å². The lowest BCUT2D eigenvalue weighted by Gasteiger charge is -2.07. The molecule has 0 heterocycles. The lowest BCUT2D eigenvalue weighted by molar-refractivity contribution is 0.595. The van der Waals surface area contributed by atoms with Crippen molar-refractivity contribution >= 4 is 27.1 Å². The minimum atomic E-state index is -2.90. The zero-order valence-corrected chi connectivity index (χ0v) is 12.2. The van der Waals surface area contributed by atoms with Crippen LogP contribution in [-0.4, -0.2) is 32.3 Å². The number of hydrogen-bond acceptors (Lipinski definition) is 3. The van der Waals surface area contributed by atoms with Crippen molar-refractivity contribution in [1.29, 1.82) is 0 Å². The van der Waals surface area contributed by atoms with Gasteiger partial charge >= 0.3 is 0 Å². The molecule has 0 atom stereocenters. The minimum Gasteiger partial charge on any atom is -0.384 e. The summed E-state index contributed by atoms with van der Waals surface area (Å²) < 4.78 is 23.0. The molecule has 1 aromatic carbocycles. The summed E-state index contributed by atoms with van der Waals surface area (Å²) in [5, 5.41) is 3.12. The largest absolute Gasteiger partial charge is 0.384 e. The Labute approximate surface area is 114 Å². The maximum absolute atomic E-state index is 11.5. The molecule has 0 aliphatic heterocycles. The van der Waals surface area contributed by atoms with Crippen LogP contribution in [0.5, 0.6) is 0 Å². The first-order valence-corrected chi connectivity index (χ1v) is 8.52. The number of sulfone groups is 1. The molecule has 1 aromatic rings. The first-order chi connectivity index (χ1) is 8.57. The molecule has 18 heavy (non-hydrogen) atoms. The van der Waals surface area contributed by atoms with E-state index in [-0.39, 0.29) is 11.5 Å². The van der Waals surface area contributed by atoms with E-state index < -0.39 is 9.84 Å². The summed E-state index contributed by atoms with van der Waals surface area (Å²) in [6.07, 6.45) is 1.53. The fourth-order valence-corrected chi connectivity index (χ4v) is 3.12.